The lowest BCUT2D eigenvalue weighted by molar-refractivity contribution is 0.0919. The number of rotatable bonds is 3. The van der Waals surface area contributed by atoms with Crippen molar-refractivity contribution in [1.82, 2.24) is 15.3 Å². The maximum absolute atomic E-state index is 11.9. The highest BCUT2D eigenvalue weighted by Crippen LogP contribution is 2.15. The molecule has 2 N–H and O–H groups in total. The van der Waals surface area contributed by atoms with Gasteiger partial charge in [-0.2, -0.15) is 0 Å². The van der Waals surface area contributed by atoms with E-state index < -0.39 is 9.84 Å². The molecule has 1 saturated heterocycles. The van der Waals surface area contributed by atoms with E-state index in [0.717, 1.165) is 0 Å². The lowest BCUT2D eigenvalue weighted by Crippen LogP contribution is -2.40. The van der Waals surface area contributed by atoms with E-state index in [1.54, 1.807) is 0 Å². The van der Waals surface area contributed by atoms with Crippen LogP contribution in [0.2, 0.25) is 0 Å². The lowest BCUT2D eigenvalue weighted by Gasteiger charge is -2.20. The van der Waals surface area contributed by atoms with Crippen LogP contribution in [0.25, 0.3) is 0 Å². The van der Waals surface area contributed by atoms with Gasteiger partial charge in [0.15, 0.2) is 9.84 Å². The van der Waals surface area contributed by atoms with Crippen LogP contribution < -0.4 is 10.6 Å². The molecule has 0 bridgehead atoms. The number of aromatic nitrogens is 2. The molecule has 7 nitrogen and oxygen atoms in total. The van der Waals surface area contributed by atoms with E-state index in [9.17, 15) is 13.2 Å². The van der Waals surface area contributed by atoms with Crippen molar-refractivity contribution < 1.29 is 13.2 Å². The van der Waals surface area contributed by atoms with Crippen LogP contribution in [0.1, 0.15) is 37.6 Å². The van der Waals surface area contributed by atoms with E-state index in [1.165, 1.54) is 12.4 Å². The highest BCUT2D eigenvalue weighted by atomic mass is 32.2. The Hall–Kier alpha value is -1.70. The molecule has 0 spiro atoms. The van der Waals surface area contributed by atoms with E-state index in [2.05, 4.69) is 20.6 Å². The molecule has 1 amide bonds. The predicted octanol–water partition coefficient (Wildman–Crippen LogP) is 0.604. The van der Waals surface area contributed by atoms with E-state index in [1.807, 2.05) is 20.8 Å². The molecule has 21 heavy (non-hydrogen) atoms. The van der Waals surface area contributed by atoms with Gasteiger partial charge in [-0.3, -0.25) is 4.79 Å². The molecule has 0 aliphatic carbocycles. The Morgan fingerprint density at radius 3 is 2.38 bits per heavy atom. The van der Waals surface area contributed by atoms with Crippen LogP contribution in [0, 0.1) is 0 Å². The first kappa shape index (κ1) is 15.7. The molecule has 1 aromatic heterocycles. The SMILES string of the molecule is CC(C)(C)NC(=O)c1cnc(NC2CCS(=O)(=O)C2)nc1. The van der Waals surface area contributed by atoms with Crippen molar-refractivity contribution in [1.29, 1.82) is 0 Å². The van der Waals surface area contributed by atoms with E-state index in [-0.39, 0.29) is 29.0 Å². The number of carbonyl (C=O) groups excluding carboxylic acids is 1. The minimum atomic E-state index is -2.94. The number of hydrogen-bond donors (Lipinski definition) is 2. The van der Waals surface area contributed by atoms with Gasteiger partial charge in [0, 0.05) is 24.0 Å². The van der Waals surface area contributed by atoms with Crippen LogP contribution in [-0.2, 0) is 9.84 Å². The van der Waals surface area contributed by atoms with E-state index >= 15 is 0 Å². The second-order valence-electron chi connectivity index (χ2n) is 6.24. The summed E-state index contributed by atoms with van der Waals surface area (Å²) >= 11 is 0. The first-order chi connectivity index (χ1) is 9.65. The standard InChI is InChI=1S/C13H20N4O3S/c1-13(2,3)17-11(18)9-6-14-12(15-7-9)16-10-4-5-21(19,20)8-10/h6-7,10H,4-5,8H2,1-3H3,(H,17,18)(H,14,15,16). The van der Waals surface area contributed by atoms with Gasteiger partial charge in [-0.25, -0.2) is 18.4 Å². The molecule has 8 heteroatoms. The number of nitrogens with one attached hydrogen (secondary N) is 2. The average molecular weight is 312 g/mol. The van der Waals surface area contributed by atoms with Crippen LogP contribution in [0.4, 0.5) is 5.95 Å². The van der Waals surface area contributed by atoms with Crippen molar-refractivity contribution in [3.8, 4) is 0 Å². The van der Waals surface area contributed by atoms with Gasteiger partial charge in [0.2, 0.25) is 5.95 Å². The summed E-state index contributed by atoms with van der Waals surface area (Å²) in [6, 6.07) is -0.163. The molecule has 2 heterocycles. The fourth-order valence-corrected chi connectivity index (χ4v) is 3.70. The molecule has 1 aliphatic heterocycles. The first-order valence-electron chi connectivity index (χ1n) is 6.76. The van der Waals surface area contributed by atoms with Crippen LogP contribution in [0.5, 0.6) is 0 Å². The summed E-state index contributed by atoms with van der Waals surface area (Å²) < 4.78 is 22.7. The number of nitrogens with zero attached hydrogens (tertiary/aromatic N) is 2. The zero-order chi connectivity index (χ0) is 15.7. The summed E-state index contributed by atoms with van der Waals surface area (Å²) in [6.45, 7) is 5.67. The van der Waals surface area contributed by atoms with Gasteiger partial charge in [0.25, 0.3) is 5.91 Å². The van der Waals surface area contributed by atoms with Crippen molar-refractivity contribution in [3.05, 3.63) is 18.0 Å². The van der Waals surface area contributed by atoms with E-state index in [0.29, 0.717) is 17.9 Å². The Labute approximate surface area is 124 Å². The van der Waals surface area contributed by atoms with Crippen molar-refractivity contribution in [2.24, 2.45) is 0 Å². The summed E-state index contributed by atoms with van der Waals surface area (Å²) in [6.07, 6.45) is 3.41. The molecule has 0 aromatic carbocycles. The summed E-state index contributed by atoms with van der Waals surface area (Å²) in [7, 11) is -2.94. The maximum atomic E-state index is 11.9. The fourth-order valence-electron chi connectivity index (χ4n) is 2.02. The minimum Gasteiger partial charge on any atom is -0.350 e. The summed E-state index contributed by atoms with van der Waals surface area (Å²) in [5.41, 5.74) is 0.0428. The molecule has 1 fully saturated rings. The third kappa shape index (κ3) is 4.66. The largest absolute Gasteiger partial charge is 0.350 e. The molecule has 1 unspecified atom stereocenters. The Morgan fingerprint density at radius 1 is 1.29 bits per heavy atom. The fraction of sp³-hybridized carbons (Fsp3) is 0.615. The Balaban J connectivity index is 1.98. The number of amides is 1. The molecule has 2 rings (SSSR count). The van der Waals surface area contributed by atoms with Gasteiger partial charge in [-0.1, -0.05) is 0 Å². The van der Waals surface area contributed by atoms with Gasteiger partial charge in [-0.15, -0.1) is 0 Å². The molecule has 0 saturated carbocycles. The average Bonchev–Trinajstić information content (AvgIpc) is 2.67. The molecular formula is C13H20N4O3S. The topological polar surface area (TPSA) is 101 Å². The van der Waals surface area contributed by atoms with E-state index in [4.69, 9.17) is 0 Å². The van der Waals surface area contributed by atoms with Crippen molar-refractivity contribution >= 4 is 21.7 Å². The van der Waals surface area contributed by atoms with Gasteiger partial charge in [0.05, 0.1) is 17.1 Å². The number of anilines is 1. The predicted molar refractivity (Wildman–Crippen MR) is 79.9 cm³/mol. The first-order valence-corrected chi connectivity index (χ1v) is 8.58. The van der Waals surface area contributed by atoms with Gasteiger partial charge in [-0.05, 0) is 27.2 Å². The second kappa shape index (κ2) is 5.59. The summed E-state index contributed by atoms with van der Waals surface area (Å²) in [5.74, 6) is 0.390. The normalized spacial score (nSPS) is 21.0. The van der Waals surface area contributed by atoms with Gasteiger partial charge in [0.1, 0.15) is 0 Å². The molecule has 1 atom stereocenters. The highest BCUT2D eigenvalue weighted by molar-refractivity contribution is 7.91. The van der Waals surface area contributed by atoms with Gasteiger partial charge < -0.3 is 10.6 Å². The van der Waals surface area contributed by atoms with Crippen LogP contribution in [-0.4, -0.2) is 47.4 Å². The number of sulfone groups is 1. The molecular weight excluding hydrogens is 292 g/mol. The van der Waals surface area contributed by atoms with Crippen molar-refractivity contribution in [2.75, 3.05) is 16.8 Å². The zero-order valence-electron chi connectivity index (χ0n) is 12.4. The quantitative estimate of drug-likeness (QED) is 0.848. The van der Waals surface area contributed by atoms with Crippen molar-refractivity contribution in [2.45, 2.75) is 38.8 Å². The lowest BCUT2D eigenvalue weighted by atomic mass is 10.1. The zero-order valence-corrected chi connectivity index (χ0v) is 13.2. The summed E-state index contributed by atoms with van der Waals surface area (Å²) in [5, 5.41) is 5.80. The second-order valence-corrected chi connectivity index (χ2v) is 8.47. The Bertz CT molecular complexity index is 620. The van der Waals surface area contributed by atoms with Gasteiger partial charge >= 0.3 is 0 Å². The maximum Gasteiger partial charge on any atom is 0.254 e. The third-order valence-electron chi connectivity index (χ3n) is 2.97. The Kier molecular flexibility index (Phi) is 4.18. The number of hydrogen-bond acceptors (Lipinski definition) is 6. The third-order valence-corrected chi connectivity index (χ3v) is 4.74. The molecule has 1 aliphatic rings. The molecule has 0 radical (unpaired) electrons. The minimum absolute atomic E-state index is 0.0998. The van der Waals surface area contributed by atoms with Crippen molar-refractivity contribution in [3.63, 3.8) is 0 Å². The Morgan fingerprint density at radius 2 is 1.90 bits per heavy atom. The van der Waals surface area contributed by atoms with Crippen LogP contribution >= 0.6 is 0 Å². The summed E-state index contributed by atoms with van der Waals surface area (Å²) in [4.78, 5) is 20.0. The monoisotopic (exact) mass is 312 g/mol. The molecule has 1 aromatic rings. The van der Waals surface area contributed by atoms with Crippen LogP contribution in [0.3, 0.4) is 0 Å². The molecule has 116 valence electrons. The highest BCUT2D eigenvalue weighted by Gasteiger charge is 2.28. The smallest absolute Gasteiger partial charge is 0.254 e. The number of carbonyl (C=O) groups is 1. The van der Waals surface area contributed by atoms with Crippen LogP contribution in [0.15, 0.2) is 12.4 Å².